The Morgan fingerprint density at radius 2 is 2.14 bits per heavy atom. The number of nitrogens with zero attached hydrogens (tertiary/aromatic N) is 2. The van der Waals surface area contributed by atoms with Crippen molar-refractivity contribution in [3.8, 4) is 23.1 Å². The number of H-pyrrole nitrogens is 1. The van der Waals surface area contributed by atoms with Gasteiger partial charge in [0.15, 0.2) is 5.16 Å². The molecule has 1 aromatic carbocycles. The minimum atomic E-state index is -0.539. The molecule has 7 nitrogen and oxygen atoms in total. The fraction of sp³-hybridized carbons (Fsp3) is 0.200. The highest BCUT2D eigenvalue weighted by molar-refractivity contribution is 7.99. The highest BCUT2D eigenvalue weighted by Crippen LogP contribution is 2.24. The molecule has 0 saturated heterocycles. The van der Waals surface area contributed by atoms with Crippen molar-refractivity contribution in [2.45, 2.75) is 18.1 Å². The van der Waals surface area contributed by atoms with Gasteiger partial charge in [0.25, 0.3) is 5.56 Å². The van der Waals surface area contributed by atoms with Gasteiger partial charge in [0.1, 0.15) is 17.4 Å². The van der Waals surface area contributed by atoms with Crippen LogP contribution in [0.5, 0.6) is 5.75 Å². The van der Waals surface area contributed by atoms with Gasteiger partial charge in [-0.2, -0.15) is 5.26 Å². The Hall–Kier alpha value is -3.09. The van der Waals surface area contributed by atoms with Gasteiger partial charge in [0.2, 0.25) is 5.91 Å². The molecule has 9 heteroatoms. The number of aromatic nitrogens is 2. The molecule has 0 aliphatic carbocycles. The van der Waals surface area contributed by atoms with Crippen LogP contribution in [-0.2, 0) is 4.79 Å². The van der Waals surface area contributed by atoms with Crippen molar-refractivity contribution >= 4 is 29.0 Å². The number of carbonyl (C=O) groups is 1. The van der Waals surface area contributed by atoms with Gasteiger partial charge in [-0.3, -0.25) is 9.59 Å². The van der Waals surface area contributed by atoms with Gasteiger partial charge in [0, 0.05) is 10.4 Å². The van der Waals surface area contributed by atoms with Crippen LogP contribution in [0.4, 0.5) is 0 Å². The van der Waals surface area contributed by atoms with E-state index in [9.17, 15) is 14.9 Å². The maximum Gasteiger partial charge on any atom is 0.270 e. The molecule has 1 atom stereocenters. The first-order valence-corrected chi connectivity index (χ1v) is 10.5. The zero-order valence-corrected chi connectivity index (χ0v) is 17.4. The predicted molar refractivity (Wildman–Crippen MR) is 113 cm³/mol. The lowest BCUT2D eigenvalue weighted by atomic mass is 10.1. The van der Waals surface area contributed by atoms with Crippen molar-refractivity contribution in [3.63, 3.8) is 0 Å². The van der Waals surface area contributed by atoms with E-state index in [4.69, 9.17) is 4.74 Å². The normalized spacial score (nSPS) is 11.5. The van der Waals surface area contributed by atoms with E-state index < -0.39 is 5.56 Å². The number of nitriles is 1. The van der Waals surface area contributed by atoms with Crippen molar-refractivity contribution in [3.05, 3.63) is 62.6 Å². The third-order valence-corrected chi connectivity index (χ3v) is 5.99. The fourth-order valence-corrected chi connectivity index (χ4v) is 4.01. The number of aromatic amines is 1. The second kappa shape index (κ2) is 9.41. The first-order chi connectivity index (χ1) is 14.0. The second-order valence-electron chi connectivity index (χ2n) is 6.03. The zero-order valence-electron chi connectivity index (χ0n) is 15.8. The summed E-state index contributed by atoms with van der Waals surface area (Å²) < 4.78 is 5.13. The average Bonchev–Trinajstić information content (AvgIpc) is 3.27. The Balaban J connectivity index is 1.76. The molecule has 3 aromatic rings. The number of thioether (sulfide) groups is 1. The van der Waals surface area contributed by atoms with Crippen LogP contribution in [0, 0.1) is 11.3 Å². The molecule has 0 aliphatic rings. The molecule has 0 unspecified atom stereocenters. The van der Waals surface area contributed by atoms with Crippen molar-refractivity contribution in [2.75, 3.05) is 12.9 Å². The van der Waals surface area contributed by atoms with Crippen LogP contribution >= 0.6 is 23.1 Å². The summed E-state index contributed by atoms with van der Waals surface area (Å²) in [5, 5.41) is 14.5. The van der Waals surface area contributed by atoms with Gasteiger partial charge in [-0.15, -0.1) is 11.3 Å². The van der Waals surface area contributed by atoms with Gasteiger partial charge in [-0.05, 0) is 42.6 Å². The molecule has 1 amide bonds. The fourth-order valence-electron chi connectivity index (χ4n) is 2.61. The van der Waals surface area contributed by atoms with E-state index in [1.807, 2.05) is 30.5 Å². The summed E-state index contributed by atoms with van der Waals surface area (Å²) in [6, 6.07) is 12.6. The maximum absolute atomic E-state index is 12.3. The Kier molecular flexibility index (Phi) is 6.69. The molecule has 148 valence electrons. The number of carbonyl (C=O) groups excluding carboxylic acids is 1. The van der Waals surface area contributed by atoms with Crippen molar-refractivity contribution < 1.29 is 9.53 Å². The van der Waals surface area contributed by atoms with Crippen LogP contribution in [0.2, 0.25) is 0 Å². The van der Waals surface area contributed by atoms with E-state index in [2.05, 4.69) is 15.3 Å². The summed E-state index contributed by atoms with van der Waals surface area (Å²) in [7, 11) is 1.56. The van der Waals surface area contributed by atoms with Gasteiger partial charge in [-0.1, -0.05) is 17.8 Å². The van der Waals surface area contributed by atoms with Crippen molar-refractivity contribution in [1.29, 1.82) is 5.26 Å². The monoisotopic (exact) mass is 426 g/mol. The number of methoxy groups -OCH3 is 1. The summed E-state index contributed by atoms with van der Waals surface area (Å²) in [5.74, 6) is 0.573. The minimum absolute atomic E-state index is 0.0738. The van der Waals surface area contributed by atoms with Crippen LogP contribution in [-0.4, -0.2) is 28.7 Å². The topological polar surface area (TPSA) is 108 Å². The number of amides is 1. The minimum Gasteiger partial charge on any atom is -0.497 e. The second-order valence-corrected chi connectivity index (χ2v) is 7.97. The molecule has 29 heavy (non-hydrogen) atoms. The molecular weight excluding hydrogens is 408 g/mol. The Bertz CT molecular complexity index is 1090. The molecule has 0 bridgehead atoms. The van der Waals surface area contributed by atoms with E-state index in [1.165, 1.54) is 0 Å². The van der Waals surface area contributed by atoms with E-state index in [1.54, 1.807) is 42.7 Å². The third kappa shape index (κ3) is 5.04. The van der Waals surface area contributed by atoms with Gasteiger partial charge < -0.3 is 15.0 Å². The number of ether oxygens (including phenoxy) is 1. The number of thiophene rings is 1. The van der Waals surface area contributed by atoms with Crippen LogP contribution in [0.3, 0.4) is 0 Å². The van der Waals surface area contributed by atoms with Crippen molar-refractivity contribution in [2.24, 2.45) is 0 Å². The highest BCUT2D eigenvalue weighted by Gasteiger charge is 2.16. The third-order valence-electron chi connectivity index (χ3n) is 4.06. The molecule has 0 radical (unpaired) electrons. The Morgan fingerprint density at radius 1 is 1.38 bits per heavy atom. The molecule has 0 aliphatic heterocycles. The molecule has 3 rings (SSSR count). The predicted octanol–water partition coefficient (Wildman–Crippen LogP) is 3.35. The number of hydrogen-bond donors (Lipinski definition) is 2. The molecule has 0 spiro atoms. The van der Waals surface area contributed by atoms with E-state index in [-0.39, 0.29) is 34.1 Å². The smallest absolute Gasteiger partial charge is 0.270 e. The SMILES string of the molecule is COc1ccc(-c2nc(SCC(=O)N[C@H](C)c3cccs3)[nH]c(=O)c2C#N)cc1. The van der Waals surface area contributed by atoms with Gasteiger partial charge in [-0.25, -0.2) is 4.98 Å². The number of benzene rings is 1. The molecule has 2 aromatic heterocycles. The summed E-state index contributed by atoms with van der Waals surface area (Å²) >= 11 is 2.68. The lowest BCUT2D eigenvalue weighted by Crippen LogP contribution is -2.28. The van der Waals surface area contributed by atoms with E-state index in [0.717, 1.165) is 16.6 Å². The van der Waals surface area contributed by atoms with E-state index >= 15 is 0 Å². The van der Waals surface area contributed by atoms with Crippen molar-refractivity contribution in [1.82, 2.24) is 15.3 Å². The maximum atomic E-state index is 12.3. The zero-order chi connectivity index (χ0) is 20.8. The van der Waals surface area contributed by atoms with Crippen LogP contribution in [0.1, 0.15) is 23.4 Å². The first-order valence-electron chi connectivity index (χ1n) is 8.66. The van der Waals surface area contributed by atoms with Gasteiger partial charge in [0.05, 0.1) is 24.6 Å². The summed E-state index contributed by atoms with van der Waals surface area (Å²) in [4.78, 5) is 32.6. The number of rotatable bonds is 7. The Morgan fingerprint density at radius 3 is 2.76 bits per heavy atom. The quantitative estimate of drug-likeness (QED) is 0.443. The standard InChI is InChI=1S/C20H18N4O3S2/c1-12(16-4-3-9-28-16)22-17(25)11-29-20-23-18(15(10-21)19(26)24-20)13-5-7-14(27-2)8-6-13/h3-9,12H,11H2,1-2H3,(H,22,25)(H,23,24,26)/t12-/m1/s1. The lowest BCUT2D eigenvalue weighted by molar-refractivity contribution is -0.119. The summed E-state index contributed by atoms with van der Waals surface area (Å²) in [5.41, 5.74) is 0.276. The Labute approximate surface area is 175 Å². The number of nitrogens with one attached hydrogen (secondary N) is 2. The summed E-state index contributed by atoms with van der Waals surface area (Å²) in [6.45, 7) is 1.91. The van der Waals surface area contributed by atoms with Crippen LogP contribution < -0.4 is 15.6 Å². The van der Waals surface area contributed by atoms with Crippen LogP contribution in [0.25, 0.3) is 11.3 Å². The molecule has 2 N–H and O–H groups in total. The lowest BCUT2D eigenvalue weighted by Gasteiger charge is -2.12. The number of hydrogen-bond acceptors (Lipinski definition) is 7. The molecular formula is C20H18N4O3S2. The molecule has 0 saturated carbocycles. The van der Waals surface area contributed by atoms with Crippen LogP contribution in [0.15, 0.2) is 51.7 Å². The van der Waals surface area contributed by atoms with E-state index in [0.29, 0.717) is 11.3 Å². The van der Waals surface area contributed by atoms with Gasteiger partial charge >= 0.3 is 0 Å². The average molecular weight is 427 g/mol. The molecule has 0 fully saturated rings. The largest absolute Gasteiger partial charge is 0.497 e. The summed E-state index contributed by atoms with van der Waals surface area (Å²) in [6.07, 6.45) is 0. The first kappa shape index (κ1) is 20.6. The molecule has 2 heterocycles. The highest BCUT2D eigenvalue weighted by atomic mass is 32.2.